The van der Waals surface area contributed by atoms with Crippen molar-refractivity contribution < 1.29 is 14.3 Å². The van der Waals surface area contributed by atoms with Gasteiger partial charge in [0.25, 0.3) is 0 Å². The average Bonchev–Trinajstić information content (AvgIpc) is 2.73. The maximum atomic E-state index is 12.6. The second-order valence-corrected chi connectivity index (χ2v) is 6.45. The number of carbonyl (C=O) groups is 2. The summed E-state index contributed by atoms with van der Waals surface area (Å²) in [4.78, 5) is 30.8. The third-order valence-electron chi connectivity index (χ3n) is 4.55. The summed E-state index contributed by atoms with van der Waals surface area (Å²) in [6.07, 6.45) is 3.73. The van der Waals surface area contributed by atoms with Crippen LogP contribution in [0.1, 0.15) is 11.1 Å². The fraction of sp³-hybridized carbons (Fsp3) is 0.350. The van der Waals surface area contributed by atoms with E-state index < -0.39 is 6.04 Å². The standard InChI is InChI=1S/C20H24N4O3/c1-27-17-6-4-15(5-7-17)11-19(25)24-10-9-22-18(14-24)20(26)23-13-16-3-2-8-21-12-16/h2-8,12,18,22H,9-11,13-14H2,1H3,(H,23,26). The highest BCUT2D eigenvalue weighted by Gasteiger charge is 2.27. The molecule has 1 aromatic heterocycles. The minimum atomic E-state index is -0.407. The molecule has 0 aliphatic carbocycles. The van der Waals surface area contributed by atoms with Gasteiger partial charge in [0, 0.05) is 38.6 Å². The third kappa shape index (κ3) is 5.27. The lowest BCUT2D eigenvalue weighted by molar-refractivity contribution is -0.133. The molecule has 1 aromatic carbocycles. The Kier molecular flexibility index (Phi) is 6.38. The van der Waals surface area contributed by atoms with E-state index in [0.717, 1.165) is 16.9 Å². The average molecular weight is 368 g/mol. The summed E-state index contributed by atoms with van der Waals surface area (Å²) in [5, 5.41) is 6.08. The van der Waals surface area contributed by atoms with E-state index in [1.807, 2.05) is 36.4 Å². The minimum Gasteiger partial charge on any atom is -0.497 e. The van der Waals surface area contributed by atoms with Crippen LogP contribution in [0, 0.1) is 0 Å². The van der Waals surface area contributed by atoms with Crippen molar-refractivity contribution in [2.45, 2.75) is 19.0 Å². The van der Waals surface area contributed by atoms with Crippen molar-refractivity contribution in [1.29, 1.82) is 0 Å². The molecule has 1 aliphatic heterocycles. The third-order valence-corrected chi connectivity index (χ3v) is 4.55. The highest BCUT2D eigenvalue weighted by Crippen LogP contribution is 2.13. The van der Waals surface area contributed by atoms with Gasteiger partial charge in [-0.3, -0.25) is 14.6 Å². The van der Waals surface area contributed by atoms with Crippen LogP contribution in [0.5, 0.6) is 5.75 Å². The van der Waals surface area contributed by atoms with Gasteiger partial charge in [-0.15, -0.1) is 0 Å². The molecule has 7 nitrogen and oxygen atoms in total. The molecule has 2 aromatic rings. The predicted molar refractivity (Wildman–Crippen MR) is 101 cm³/mol. The molecule has 142 valence electrons. The van der Waals surface area contributed by atoms with Crippen LogP contribution in [-0.4, -0.2) is 54.5 Å². The molecule has 1 unspecified atom stereocenters. The topological polar surface area (TPSA) is 83.6 Å². The Labute approximate surface area is 158 Å². The first-order valence-corrected chi connectivity index (χ1v) is 8.96. The van der Waals surface area contributed by atoms with Gasteiger partial charge in [-0.2, -0.15) is 0 Å². The number of ether oxygens (including phenoxy) is 1. The van der Waals surface area contributed by atoms with Crippen molar-refractivity contribution in [3.05, 3.63) is 59.9 Å². The SMILES string of the molecule is COc1ccc(CC(=O)N2CCNC(C(=O)NCc3cccnc3)C2)cc1. The zero-order chi connectivity index (χ0) is 19.1. The quantitative estimate of drug-likeness (QED) is 0.786. The number of piperazine rings is 1. The van der Waals surface area contributed by atoms with Gasteiger partial charge in [0.2, 0.25) is 11.8 Å². The van der Waals surface area contributed by atoms with Crippen LogP contribution >= 0.6 is 0 Å². The van der Waals surface area contributed by atoms with Gasteiger partial charge in [-0.1, -0.05) is 18.2 Å². The summed E-state index contributed by atoms with van der Waals surface area (Å²) in [5.74, 6) is 0.672. The lowest BCUT2D eigenvalue weighted by atomic mass is 10.1. The van der Waals surface area contributed by atoms with E-state index >= 15 is 0 Å². The van der Waals surface area contributed by atoms with Gasteiger partial charge in [0.15, 0.2) is 0 Å². The number of aromatic nitrogens is 1. The largest absolute Gasteiger partial charge is 0.497 e. The van der Waals surface area contributed by atoms with Gasteiger partial charge in [0.1, 0.15) is 11.8 Å². The van der Waals surface area contributed by atoms with E-state index in [1.54, 1.807) is 24.4 Å². The Morgan fingerprint density at radius 1 is 1.26 bits per heavy atom. The van der Waals surface area contributed by atoms with Crippen LogP contribution in [0.3, 0.4) is 0 Å². The number of methoxy groups -OCH3 is 1. The summed E-state index contributed by atoms with van der Waals surface area (Å²) < 4.78 is 5.13. The summed E-state index contributed by atoms with van der Waals surface area (Å²) in [6, 6.07) is 10.8. The first kappa shape index (κ1) is 18.8. The van der Waals surface area contributed by atoms with Crippen molar-refractivity contribution in [2.24, 2.45) is 0 Å². The molecular formula is C20H24N4O3. The zero-order valence-electron chi connectivity index (χ0n) is 15.4. The number of nitrogens with one attached hydrogen (secondary N) is 2. The molecular weight excluding hydrogens is 344 g/mol. The van der Waals surface area contributed by atoms with Crippen LogP contribution in [0.15, 0.2) is 48.8 Å². The molecule has 0 bridgehead atoms. The van der Waals surface area contributed by atoms with E-state index in [-0.39, 0.29) is 11.8 Å². The second-order valence-electron chi connectivity index (χ2n) is 6.45. The first-order valence-electron chi connectivity index (χ1n) is 8.96. The van der Waals surface area contributed by atoms with E-state index in [9.17, 15) is 9.59 Å². The molecule has 0 saturated carbocycles. The van der Waals surface area contributed by atoms with Gasteiger partial charge >= 0.3 is 0 Å². The Morgan fingerprint density at radius 3 is 2.78 bits per heavy atom. The fourth-order valence-corrected chi connectivity index (χ4v) is 3.00. The summed E-state index contributed by atoms with van der Waals surface area (Å²) in [5.41, 5.74) is 1.87. The van der Waals surface area contributed by atoms with Crippen molar-refractivity contribution >= 4 is 11.8 Å². The number of benzene rings is 1. The summed E-state index contributed by atoms with van der Waals surface area (Å²) in [7, 11) is 1.61. The smallest absolute Gasteiger partial charge is 0.239 e. The van der Waals surface area contributed by atoms with E-state index in [0.29, 0.717) is 32.6 Å². The van der Waals surface area contributed by atoms with Crippen molar-refractivity contribution in [3.8, 4) is 5.75 Å². The maximum absolute atomic E-state index is 12.6. The molecule has 0 radical (unpaired) electrons. The number of hydrogen-bond acceptors (Lipinski definition) is 5. The Hall–Kier alpha value is -2.93. The summed E-state index contributed by atoms with van der Waals surface area (Å²) in [6.45, 7) is 1.99. The van der Waals surface area contributed by atoms with Gasteiger partial charge < -0.3 is 20.3 Å². The van der Waals surface area contributed by atoms with E-state index in [2.05, 4.69) is 15.6 Å². The molecule has 1 saturated heterocycles. The van der Waals surface area contributed by atoms with Crippen LogP contribution in [-0.2, 0) is 22.6 Å². The predicted octanol–water partition coefficient (Wildman–Crippen LogP) is 0.750. The van der Waals surface area contributed by atoms with Crippen molar-refractivity contribution in [1.82, 2.24) is 20.5 Å². The molecule has 1 atom stereocenters. The monoisotopic (exact) mass is 368 g/mol. The zero-order valence-corrected chi connectivity index (χ0v) is 15.4. The molecule has 3 rings (SSSR count). The fourth-order valence-electron chi connectivity index (χ4n) is 3.00. The van der Waals surface area contributed by atoms with Crippen LogP contribution in [0.4, 0.5) is 0 Å². The van der Waals surface area contributed by atoms with E-state index in [1.165, 1.54) is 0 Å². The van der Waals surface area contributed by atoms with Crippen molar-refractivity contribution in [2.75, 3.05) is 26.7 Å². The minimum absolute atomic E-state index is 0.0201. The highest BCUT2D eigenvalue weighted by atomic mass is 16.5. The van der Waals surface area contributed by atoms with Crippen LogP contribution in [0.25, 0.3) is 0 Å². The van der Waals surface area contributed by atoms with Gasteiger partial charge in [0.05, 0.1) is 13.5 Å². The Morgan fingerprint density at radius 2 is 2.07 bits per heavy atom. The molecule has 2 heterocycles. The Balaban J connectivity index is 1.51. The van der Waals surface area contributed by atoms with Crippen molar-refractivity contribution in [3.63, 3.8) is 0 Å². The van der Waals surface area contributed by atoms with E-state index in [4.69, 9.17) is 4.74 Å². The molecule has 0 spiro atoms. The molecule has 7 heteroatoms. The molecule has 2 amide bonds. The maximum Gasteiger partial charge on any atom is 0.239 e. The lowest BCUT2D eigenvalue weighted by Crippen LogP contribution is -2.58. The van der Waals surface area contributed by atoms with Crippen LogP contribution < -0.4 is 15.4 Å². The lowest BCUT2D eigenvalue weighted by Gasteiger charge is -2.33. The normalized spacial score (nSPS) is 16.6. The number of rotatable bonds is 6. The number of carbonyl (C=O) groups excluding carboxylic acids is 2. The van der Waals surface area contributed by atoms with Gasteiger partial charge in [-0.25, -0.2) is 0 Å². The van der Waals surface area contributed by atoms with Gasteiger partial charge in [-0.05, 0) is 29.3 Å². The van der Waals surface area contributed by atoms with Crippen LogP contribution in [0.2, 0.25) is 0 Å². The molecule has 1 fully saturated rings. The molecule has 27 heavy (non-hydrogen) atoms. The highest BCUT2D eigenvalue weighted by molar-refractivity contribution is 5.84. The molecule has 1 aliphatic rings. The number of nitrogens with zero attached hydrogens (tertiary/aromatic N) is 2. The molecule has 2 N–H and O–H groups in total. The first-order chi connectivity index (χ1) is 13.2. The summed E-state index contributed by atoms with van der Waals surface area (Å²) >= 11 is 0. The Bertz CT molecular complexity index is 765. The number of pyridine rings is 1. The number of amides is 2. The number of hydrogen-bond donors (Lipinski definition) is 2. The second kappa shape index (κ2) is 9.14.